The molecule has 3 rings (SSSR count). The molecule has 2 heterocycles. The van der Waals surface area contributed by atoms with Crippen LogP contribution in [0.4, 0.5) is 0 Å². The van der Waals surface area contributed by atoms with Crippen molar-refractivity contribution in [2.75, 3.05) is 12.3 Å². The van der Waals surface area contributed by atoms with Gasteiger partial charge in [0.1, 0.15) is 4.83 Å². The van der Waals surface area contributed by atoms with Crippen molar-refractivity contribution in [1.29, 1.82) is 5.26 Å². The topological polar surface area (TPSA) is 87.8 Å². The van der Waals surface area contributed by atoms with Crippen molar-refractivity contribution in [3.05, 3.63) is 20.8 Å². The third-order valence-electron chi connectivity index (χ3n) is 4.82. The monoisotopic (exact) mass is 418 g/mol. The lowest BCUT2D eigenvalue weighted by Crippen LogP contribution is -2.28. The molecule has 0 saturated carbocycles. The Kier molecular flexibility index (Phi) is 6.78. The second kappa shape index (κ2) is 9.10. The van der Waals surface area contributed by atoms with Gasteiger partial charge in [0.15, 0.2) is 5.16 Å². The molecule has 0 unspecified atom stereocenters. The fourth-order valence-electron chi connectivity index (χ4n) is 3.48. The molecule has 1 amide bonds. The van der Waals surface area contributed by atoms with E-state index in [2.05, 4.69) is 26.1 Å². The maximum absolute atomic E-state index is 13.3. The zero-order chi connectivity index (χ0) is 20.3. The van der Waals surface area contributed by atoms with Gasteiger partial charge in [-0.3, -0.25) is 14.2 Å². The molecule has 1 aliphatic carbocycles. The van der Waals surface area contributed by atoms with Gasteiger partial charge in [0, 0.05) is 18.0 Å². The van der Waals surface area contributed by atoms with E-state index in [0.717, 1.165) is 29.5 Å². The molecule has 1 N–H and O–H groups in total. The summed E-state index contributed by atoms with van der Waals surface area (Å²) in [4.78, 5) is 32.2. The summed E-state index contributed by atoms with van der Waals surface area (Å²) in [6, 6.07) is 2.00. The van der Waals surface area contributed by atoms with E-state index in [-0.39, 0.29) is 23.6 Å². The molecule has 0 bridgehead atoms. The van der Waals surface area contributed by atoms with Crippen molar-refractivity contribution in [3.63, 3.8) is 0 Å². The van der Waals surface area contributed by atoms with E-state index in [9.17, 15) is 9.59 Å². The predicted octanol–water partition coefficient (Wildman–Crippen LogP) is 3.36. The van der Waals surface area contributed by atoms with E-state index in [1.807, 2.05) is 6.07 Å². The van der Waals surface area contributed by atoms with Crippen LogP contribution >= 0.6 is 23.1 Å². The Morgan fingerprint density at radius 3 is 3.00 bits per heavy atom. The standard InChI is InChI=1S/C20H26N4O2S2/c1-12(2)10-24-19(26)17-14-6-5-13(3)9-15(14)28-18(17)23-20(24)27-11-16(25)22-8-4-7-21/h12-13H,4-6,8-11H2,1-3H3,(H,22,25)/t13-/m0/s1. The molecule has 1 atom stereocenters. The van der Waals surface area contributed by atoms with Crippen LogP contribution < -0.4 is 10.9 Å². The van der Waals surface area contributed by atoms with Crippen LogP contribution in [0.15, 0.2) is 9.95 Å². The molecular formula is C20H26N4O2S2. The van der Waals surface area contributed by atoms with Crippen molar-refractivity contribution >= 4 is 39.2 Å². The lowest BCUT2D eigenvalue weighted by molar-refractivity contribution is -0.118. The number of rotatable bonds is 7. The van der Waals surface area contributed by atoms with Crippen LogP contribution in [0.2, 0.25) is 0 Å². The summed E-state index contributed by atoms with van der Waals surface area (Å²) in [5, 5.41) is 12.7. The summed E-state index contributed by atoms with van der Waals surface area (Å²) in [7, 11) is 0. The Labute approximate surface area is 173 Å². The fraction of sp³-hybridized carbons (Fsp3) is 0.600. The Morgan fingerprint density at radius 2 is 2.29 bits per heavy atom. The van der Waals surface area contributed by atoms with Crippen LogP contribution in [0.5, 0.6) is 0 Å². The summed E-state index contributed by atoms with van der Waals surface area (Å²) in [5.41, 5.74) is 1.22. The summed E-state index contributed by atoms with van der Waals surface area (Å²) in [6.07, 6.45) is 3.37. The second-order valence-corrected chi connectivity index (χ2v) is 9.81. The number of thioether (sulfide) groups is 1. The number of nitriles is 1. The second-order valence-electron chi connectivity index (χ2n) is 7.78. The quantitative estimate of drug-likeness (QED) is 0.423. The highest BCUT2D eigenvalue weighted by molar-refractivity contribution is 7.99. The van der Waals surface area contributed by atoms with Gasteiger partial charge in [-0.05, 0) is 36.7 Å². The van der Waals surface area contributed by atoms with Gasteiger partial charge < -0.3 is 5.32 Å². The van der Waals surface area contributed by atoms with Crippen LogP contribution in [0.1, 0.15) is 44.1 Å². The maximum Gasteiger partial charge on any atom is 0.263 e. The molecule has 8 heteroatoms. The van der Waals surface area contributed by atoms with Crippen LogP contribution in [0.25, 0.3) is 10.2 Å². The minimum Gasteiger partial charge on any atom is -0.354 e. The zero-order valence-electron chi connectivity index (χ0n) is 16.6. The largest absolute Gasteiger partial charge is 0.354 e. The van der Waals surface area contributed by atoms with Crippen molar-refractivity contribution in [3.8, 4) is 6.07 Å². The minimum atomic E-state index is -0.148. The van der Waals surface area contributed by atoms with Gasteiger partial charge in [-0.1, -0.05) is 32.5 Å². The minimum absolute atomic E-state index is 0.0261. The molecule has 0 aromatic carbocycles. The maximum atomic E-state index is 13.3. The SMILES string of the molecule is CC(C)Cn1c(SCC(=O)NCCC#N)nc2sc3c(c2c1=O)CC[C@H](C)C3. The molecule has 2 aromatic rings. The Balaban J connectivity index is 1.93. The number of hydrogen-bond acceptors (Lipinski definition) is 6. The molecule has 150 valence electrons. The average Bonchev–Trinajstić information content (AvgIpc) is 3.00. The van der Waals surface area contributed by atoms with E-state index < -0.39 is 0 Å². The highest BCUT2D eigenvalue weighted by Gasteiger charge is 2.25. The molecule has 0 fully saturated rings. The highest BCUT2D eigenvalue weighted by atomic mass is 32.2. The third-order valence-corrected chi connectivity index (χ3v) is 6.94. The number of amides is 1. The van der Waals surface area contributed by atoms with Crippen LogP contribution in [0.3, 0.4) is 0 Å². The number of nitrogens with one attached hydrogen (secondary N) is 1. The molecule has 2 aromatic heterocycles. The Bertz CT molecular complexity index is 971. The molecule has 28 heavy (non-hydrogen) atoms. The number of aromatic nitrogens is 2. The number of hydrogen-bond donors (Lipinski definition) is 1. The van der Waals surface area contributed by atoms with Crippen molar-refractivity contribution in [2.45, 2.75) is 58.2 Å². The molecule has 1 aliphatic rings. The first-order chi connectivity index (χ1) is 13.4. The number of carbonyl (C=O) groups is 1. The van der Waals surface area contributed by atoms with E-state index in [1.54, 1.807) is 15.9 Å². The summed E-state index contributed by atoms with van der Waals surface area (Å²) >= 11 is 2.93. The van der Waals surface area contributed by atoms with Crippen LogP contribution in [0, 0.1) is 23.2 Å². The molecule has 0 saturated heterocycles. The number of carbonyl (C=O) groups excluding carboxylic acids is 1. The van der Waals surface area contributed by atoms with Crippen LogP contribution in [-0.2, 0) is 24.2 Å². The zero-order valence-corrected chi connectivity index (χ0v) is 18.2. The van der Waals surface area contributed by atoms with Gasteiger partial charge in [-0.25, -0.2) is 4.98 Å². The smallest absolute Gasteiger partial charge is 0.263 e. The van der Waals surface area contributed by atoms with E-state index in [1.165, 1.54) is 22.2 Å². The van der Waals surface area contributed by atoms with Crippen molar-refractivity contribution in [2.24, 2.45) is 11.8 Å². The lowest BCUT2D eigenvalue weighted by atomic mass is 9.89. The number of nitrogens with zero attached hydrogens (tertiary/aromatic N) is 3. The normalized spacial score (nSPS) is 16.2. The van der Waals surface area contributed by atoms with Gasteiger partial charge in [-0.2, -0.15) is 5.26 Å². The van der Waals surface area contributed by atoms with E-state index in [4.69, 9.17) is 10.2 Å². The first-order valence-corrected chi connectivity index (χ1v) is 11.5. The molecule has 0 spiro atoms. The van der Waals surface area contributed by atoms with Gasteiger partial charge in [0.05, 0.1) is 23.6 Å². The van der Waals surface area contributed by atoms with Gasteiger partial charge in [-0.15, -0.1) is 11.3 Å². The third kappa shape index (κ3) is 4.58. The van der Waals surface area contributed by atoms with E-state index >= 15 is 0 Å². The first kappa shape index (κ1) is 20.9. The molecule has 0 aliphatic heterocycles. The van der Waals surface area contributed by atoms with Crippen molar-refractivity contribution < 1.29 is 4.79 Å². The fourth-order valence-corrected chi connectivity index (χ4v) is 5.74. The average molecular weight is 419 g/mol. The summed E-state index contributed by atoms with van der Waals surface area (Å²) in [6.45, 7) is 7.33. The summed E-state index contributed by atoms with van der Waals surface area (Å²) in [5.74, 6) is 0.980. The highest BCUT2D eigenvalue weighted by Crippen LogP contribution is 2.36. The van der Waals surface area contributed by atoms with Gasteiger partial charge in [0.25, 0.3) is 5.56 Å². The van der Waals surface area contributed by atoms with Gasteiger partial charge >= 0.3 is 0 Å². The first-order valence-electron chi connectivity index (χ1n) is 9.72. The Hall–Kier alpha value is -1.85. The lowest BCUT2D eigenvalue weighted by Gasteiger charge is -2.18. The number of thiophene rings is 1. The van der Waals surface area contributed by atoms with E-state index in [0.29, 0.717) is 30.1 Å². The van der Waals surface area contributed by atoms with Crippen molar-refractivity contribution in [1.82, 2.24) is 14.9 Å². The predicted molar refractivity (Wildman–Crippen MR) is 114 cm³/mol. The summed E-state index contributed by atoms with van der Waals surface area (Å²) < 4.78 is 1.74. The number of aryl methyl sites for hydroxylation is 1. The molecule has 0 radical (unpaired) electrons. The van der Waals surface area contributed by atoms with Crippen LogP contribution in [-0.4, -0.2) is 27.8 Å². The van der Waals surface area contributed by atoms with Gasteiger partial charge in [0.2, 0.25) is 5.91 Å². The Morgan fingerprint density at radius 1 is 1.50 bits per heavy atom. The molecule has 6 nitrogen and oxygen atoms in total. The molecular weight excluding hydrogens is 392 g/mol. The number of fused-ring (bicyclic) bond motifs is 3.